The van der Waals surface area contributed by atoms with E-state index in [1.807, 2.05) is 24.5 Å². The lowest BCUT2D eigenvalue weighted by atomic mass is 9.91. The highest BCUT2D eigenvalue weighted by Crippen LogP contribution is 2.38. The van der Waals surface area contributed by atoms with E-state index in [9.17, 15) is 4.79 Å². The first-order valence-electron chi connectivity index (χ1n) is 11.7. The Labute approximate surface area is 214 Å². The highest BCUT2D eigenvalue weighted by Gasteiger charge is 2.25. The van der Waals surface area contributed by atoms with Crippen molar-refractivity contribution in [2.45, 2.75) is 32.7 Å². The second kappa shape index (κ2) is 10.1. The van der Waals surface area contributed by atoms with Crippen LogP contribution in [0, 0.1) is 0 Å². The van der Waals surface area contributed by atoms with Gasteiger partial charge in [-0.05, 0) is 47.4 Å². The van der Waals surface area contributed by atoms with Gasteiger partial charge >= 0.3 is 0 Å². The van der Waals surface area contributed by atoms with Crippen LogP contribution in [-0.2, 0) is 13.0 Å². The molecule has 0 fully saturated rings. The molecule has 0 saturated carbocycles. The van der Waals surface area contributed by atoms with E-state index in [-0.39, 0.29) is 5.78 Å². The standard InChI is InChI=1S/C29H25Cl2N3O/c1-2-3-11-27-28(23-10-6-8-19-7-4-5-9-22(19)23)25(17-34(27)16-21-15-32-18-33-21)29(35)24-13-12-20(30)14-26(24)31/h4-10,12-15,17-18H,2-3,11,16H2,1H3,(H,32,33). The van der Waals surface area contributed by atoms with Crippen molar-refractivity contribution in [1.82, 2.24) is 14.5 Å². The van der Waals surface area contributed by atoms with Crippen LogP contribution < -0.4 is 0 Å². The number of H-pyrrole nitrogens is 1. The van der Waals surface area contributed by atoms with E-state index < -0.39 is 0 Å². The van der Waals surface area contributed by atoms with Crippen molar-refractivity contribution in [2.24, 2.45) is 0 Å². The first-order valence-corrected chi connectivity index (χ1v) is 12.5. The molecule has 0 atom stereocenters. The number of imidazole rings is 1. The Bertz CT molecular complexity index is 1500. The summed E-state index contributed by atoms with van der Waals surface area (Å²) in [7, 11) is 0. The Kier molecular flexibility index (Phi) is 6.76. The third-order valence-electron chi connectivity index (χ3n) is 6.33. The van der Waals surface area contributed by atoms with Gasteiger partial charge in [0.2, 0.25) is 0 Å². The van der Waals surface area contributed by atoms with Crippen LogP contribution in [0.2, 0.25) is 10.0 Å². The summed E-state index contributed by atoms with van der Waals surface area (Å²) in [5.74, 6) is -0.115. The number of hydrogen-bond donors (Lipinski definition) is 1. The van der Waals surface area contributed by atoms with Gasteiger partial charge in [-0.25, -0.2) is 4.98 Å². The maximum absolute atomic E-state index is 14.0. The maximum Gasteiger partial charge on any atom is 0.196 e. The summed E-state index contributed by atoms with van der Waals surface area (Å²) in [6.07, 6.45) is 8.38. The number of ketones is 1. The lowest BCUT2D eigenvalue weighted by molar-refractivity contribution is 0.103. The van der Waals surface area contributed by atoms with Crippen LogP contribution in [0.5, 0.6) is 0 Å². The Morgan fingerprint density at radius 2 is 1.86 bits per heavy atom. The van der Waals surface area contributed by atoms with Crippen molar-refractivity contribution < 1.29 is 4.79 Å². The third kappa shape index (κ3) is 4.64. The fourth-order valence-corrected chi connectivity index (χ4v) is 5.14. The number of carbonyl (C=O) groups is 1. The van der Waals surface area contributed by atoms with Crippen molar-refractivity contribution in [3.8, 4) is 11.1 Å². The Morgan fingerprint density at radius 1 is 1.03 bits per heavy atom. The van der Waals surface area contributed by atoms with Crippen molar-refractivity contribution in [3.63, 3.8) is 0 Å². The molecule has 176 valence electrons. The molecule has 0 unspecified atom stereocenters. The lowest BCUT2D eigenvalue weighted by Crippen LogP contribution is -2.04. The molecule has 0 bridgehead atoms. The average Bonchev–Trinajstić information content (AvgIpc) is 3.50. The Balaban J connectivity index is 1.77. The molecule has 4 nitrogen and oxygen atoms in total. The van der Waals surface area contributed by atoms with Crippen LogP contribution in [0.25, 0.3) is 21.9 Å². The van der Waals surface area contributed by atoms with Crippen molar-refractivity contribution in [2.75, 3.05) is 0 Å². The Hall–Kier alpha value is -3.34. The number of unbranched alkanes of at least 4 members (excludes halogenated alkanes) is 1. The molecule has 0 amide bonds. The fourth-order valence-electron chi connectivity index (χ4n) is 4.64. The zero-order chi connectivity index (χ0) is 24.4. The smallest absolute Gasteiger partial charge is 0.196 e. The average molecular weight is 502 g/mol. The first-order chi connectivity index (χ1) is 17.1. The van der Waals surface area contributed by atoms with Crippen molar-refractivity contribution >= 4 is 39.8 Å². The molecular formula is C29H25Cl2N3O. The van der Waals surface area contributed by atoms with Crippen LogP contribution in [0.15, 0.2) is 79.4 Å². The van der Waals surface area contributed by atoms with Crippen molar-refractivity contribution in [3.05, 3.63) is 112 Å². The lowest BCUT2D eigenvalue weighted by Gasteiger charge is -2.14. The van der Waals surface area contributed by atoms with Crippen LogP contribution in [-0.4, -0.2) is 20.3 Å². The molecule has 5 rings (SSSR count). The maximum atomic E-state index is 14.0. The van der Waals surface area contributed by atoms with Gasteiger partial charge in [0.05, 0.1) is 23.6 Å². The number of rotatable bonds is 8. The van der Waals surface area contributed by atoms with Gasteiger partial charge in [0.25, 0.3) is 0 Å². The van der Waals surface area contributed by atoms with Gasteiger partial charge in [-0.2, -0.15) is 0 Å². The summed E-state index contributed by atoms with van der Waals surface area (Å²) in [5.41, 5.74) is 5.20. The quantitative estimate of drug-likeness (QED) is 0.219. The van der Waals surface area contributed by atoms with Gasteiger partial charge in [0.1, 0.15) is 0 Å². The number of nitrogens with zero attached hydrogens (tertiary/aromatic N) is 2. The zero-order valence-corrected chi connectivity index (χ0v) is 20.9. The number of aromatic nitrogens is 3. The number of benzene rings is 3. The molecule has 35 heavy (non-hydrogen) atoms. The highest BCUT2D eigenvalue weighted by molar-refractivity contribution is 6.37. The molecule has 0 spiro atoms. The van der Waals surface area contributed by atoms with E-state index in [0.29, 0.717) is 27.7 Å². The number of aromatic amines is 1. The third-order valence-corrected chi connectivity index (χ3v) is 6.88. The van der Waals surface area contributed by atoms with Crippen LogP contribution in [0.3, 0.4) is 0 Å². The first kappa shape index (κ1) is 23.4. The van der Waals surface area contributed by atoms with E-state index in [1.54, 1.807) is 24.5 Å². The van der Waals surface area contributed by atoms with Crippen LogP contribution in [0.4, 0.5) is 0 Å². The number of nitrogens with one attached hydrogen (secondary N) is 1. The van der Waals surface area contributed by atoms with Crippen molar-refractivity contribution in [1.29, 1.82) is 0 Å². The van der Waals surface area contributed by atoms with Gasteiger partial charge in [0.15, 0.2) is 5.78 Å². The minimum Gasteiger partial charge on any atom is -0.347 e. The molecule has 2 aromatic heterocycles. The van der Waals surface area contributed by atoms with Gasteiger partial charge in [-0.1, -0.05) is 79.0 Å². The topological polar surface area (TPSA) is 50.7 Å². The minimum atomic E-state index is -0.115. The summed E-state index contributed by atoms with van der Waals surface area (Å²) in [5, 5.41) is 3.10. The van der Waals surface area contributed by atoms with E-state index in [0.717, 1.165) is 52.5 Å². The highest BCUT2D eigenvalue weighted by atomic mass is 35.5. The van der Waals surface area contributed by atoms with E-state index in [2.05, 4.69) is 51.8 Å². The predicted octanol–water partition coefficient (Wildman–Crippen LogP) is 7.96. The van der Waals surface area contributed by atoms with Gasteiger partial charge in [-0.3, -0.25) is 4.79 Å². The minimum absolute atomic E-state index is 0.115. The number of fused-ring (bicyclic) bond motifs is 1. The second-order valence-corrected chi connectivity index (χ2v) is 9.50. The van der Waals surface area contributed by atoms with Gasteiger partial charge in [0, 0.05) is 39.8 Å². The molecule has 5 aromatic rings. The molecule has 0 aliphatic rings. The largest absolute Gasteiger partial charge is 0.347 e. The molecule has 1 N–H and O–H groups in total. The molecule has 0 radical (unpaired) electrons. The molecular weight excluding hydrogens is 477 g/mol. The van der Waals surface area contributed by atoms with Gasteiger partial charge in [-0.15, -0.1) is 0 Å². The normalized spacial score (nSPS) is 11.3. The monoisotopic (exact) mass is 501 g/mol. The predicted molar refractivity (Wildman–Crippen MR) is 144 cm³/mol. The van der Waals surface area contributed by atoms with Crippen LogP contribution >= 0.6 is 23.2 Å². The summed E-state index contributed by atoms with van der Waals surface area (Å²) < 4.78 is 2.18. The number of carbonyl (C=O) groups excluding carboxylic acids is 1. The molecule has 2 heterocycles. The summed E-state index contributed by atoms with van der Waals surface area (Å²) in [4.78, 5) is 21.4. The fraction of sp³-hybridized carbons (Fsp3) is 0.172. The molecule has 0 aliphatic heterocycles. The number of hydrogen-bond acceptors (Lipinski definition) is 2. The summed E-state index contributed by atoms with van der Waals surface area (Å²) in [6.45, 7) is 2.78. The molecule has 0 saturated heterocycles. The van der Waals surface area contributed by atoms with E-state index >= 15 is 0 Å². The SMILES string of the molecule is CCCCc1c(-c2cccc3ccccc23)c(C(=O)c2ccc(Cl)cc2Cl)cn1Cc1cnc[nH]1. The van der Waals surface area contributed by atoms with E-state index in [1.165, 1.54) is 0 Å². The zero-order valence-electron chi connectivity index (χ0n) is 19.4. The molecule has 6 heteroatoms. The molecule has 0 aliphatic carbocycles. The van der Waals surface area contributed by atoms with E-state index in [4.69, 9.17) is 23.2 Å². The second-order valence-electron chi connectivity index (χ2n) is 8.65. The summed E-state index contributed by atoms with van der Waals surface area (Å²) in [6, 6.07) is 19.6. The Morgan fingerprint density at radius 3 is 2.63 bits per heavy atom. The number of halogens is 2. The van der Waals surface area contributed by atoms with Gasteiger partial charge < -0.3 is 9.55 Å². The molecule has 3 aromatic carbocycles. The summed E-state index contributed by atoms with van der Waals surface area (Å²) >= 11 is 12.6. The van der Waals surface area contributed by atoms with Crippen LogP contribution in [0.1, 0.15) is 47.1 Å².